The predicted molar refractivity (Wildman–Crippen MR) is 119 cm³/mol. The highest BCUT2D eigenvalue weighted by Crippen LogP contribution is 2.33. The van der Waals surface area contributed by atoms with Gasteiger partial charge in [-0.15, -0.1) is 0 Å². The van der Waals surface area contributed by atoms with Gasteiger partial charge in [0.2, 0.25) is 5.91 Å². The van der Waals surface area contributed by atoms with E-state index in [0.717, 1.165) is 43.1 Å². The monoisotopic (exact) mass is 441 g/mol. The number of nitrogens with zero attached hydrogens (tertiary/aromatic N) is 3. The number of morpholine rings is 1. The van der Waals surface area contributed by atoms with Crippen LogP contribution in [0.25, 0.3) is 22.4 Å². The summed E-state index contributed by atoms with van der Waals surface area (Å²) in [5, 5.41) is 3.22. The maximum atomic E-state index is 11.6. The van der Waals surface area contributed by atoms with Gasteiger partial charge in [0, 0.05) is 37.3 Å². The number of ether oxygens (including phenoxy) is 2. The molecule has 2 aliphatic rings. The van der Waals surface area contributed by atoms with Crippen LogP contribution in [0.15, 0.2) is 30.3 Å². The number of nitrogens with one attached hydrogen (secondary N) is 2. The van der Waals surface area contributed by atoms with Gasteiger partial charge >= 0.3 is 0 Å². The number of aromatic amines is 1. The number of benzene rings is 1. The highest BCUT2D eigenvalue weighted by molar-refractivity contribution is 6.33. The first-order valence-electron chi connectivity index (χ1n) is 10.5. The number of fused-ring (bicyclic) bond motifs is 1. The first-order chi connectivity index (χ1) is 15.1. The Bertz CT molecular complexity index is 1090. The van der Waals surface area contributed by atoms with Crippen molar-refractivity contribution in [1.82, 2.24) is 20.3 Å². The van der Waals surface area contributed by atoms with Gasteiger partial charge in [-0.2, -0.15) is 4.98 Å². The van der Waals surface area contributed by atoms with Crippen molar-refractivity contribution in [3.63, 3.8) is 0 Å². The van der Waals surface area contributed by atoms with Crippen molar-refractivity contribution in [3.05, 3.63) is 35.4 Å². The maximum Gasteiger partial charge on any atom is 0.296 e. The third kappa shape index (κ3) is 4.05. The summed E-state index contributed by atoms with van der Waals surface area (Å²) in [6.07, 6.45) is 1.35. The Balaban J connectivity index is 1.32. The zero-order valence-corrected chi connectivity index (χ0v) is 18.0. The van der Waals surface area contributed by atoms with Crippen molar-refractivity contribution < 1.29 is 14.3 Å². The normalized spacial score (nSPS) is 21.0. The highest BCUT2D eigenvalue weighted by atomic mass is 35.5. The molecule has 8 nitrogen and oxygen atoms in total. The van der Waals surface area contributed by atoms with Crippen LogP contribution in [0.4, 0.5) is 5.69 Å². The molecule has 162 valence electrons. The molecule has 1 saturated carbocycles. The largest absolute Gasteiger partial charge is 0.461 e. The SMILES string of the molecule is CNC(=O)C1CC(Oc2nc3nc(-c4ccc(N5CCOCC5)cc4)c(Cl)cc3[nH]2)C1. The highest BCUT2D eigenvalue weighted by Gasteiger charge is 2.36. The molecule has 2 aromatic heterocycles. The fourth-order valence-electron chi connectivity index (χ4n) is 4.04. The summed E-state index contributed by atoms with van der Waals surface area (Å²) in [4.78, 5) is 26.2. The van der Waals surface area contributed by atoms with E-state index in [4.69, 9.17) is 21.1 Å². The number of aromatic nitrogens is 3. The molecule has 3 aromatic rings. The summed E-state index contributed by atoms with van der Waals surface area (Å²) in [6, 6.07) is 10.5. The minimum Gasteiger partial charge on any atom is -0.461 e. The lowest BCUT2D eigenvalue weighted by atomic mass is 9.81. The number of carbonyl (C=O) groups is 1. The average molecular weight is 442 g/mol. The standard InChI is InChI=1S/C22H24ClN5O3/c1-24-21(29)14-10-16(11-14)31-22-25-18-12-17(23)19(26-20(18)27-22)13-2-4-15(5-3-13)28-6-8-30-9-7-28/h2-5,12,14,16H,6-11H2,1H3,(H,24,29)(H,25,26,27). The summed E-state index contributed by atoms with van der Waals surface area (Å²) in [7, 11) is 1.65. The molecule has 0 atom stereocenters. The molecule has 0 unspecified atom stereocenters. The molecule has 1 amide bonds. The first-order valence-corrected chi connectivity index (χ1v) is 10.9. The van der Waals surface area contributed by atoms with Crippen LogP contribution in [-0.2, 0) is 9.53 Å². The molecule has 31 heavy (non-hydrogen) atoms. The Kier molecular flexibility index (Phi) is 5.41. The van der Waals surface area contributed by atoms with Gasteiger partial charge in [-0.3, -0.25) is 4.79 Å². The molecule has 0 bridgehead atoms. The number of hydrogen-bond acceptors (Lipinski definition) is 6. The lowest BCUT2D eigenvalue weighted by Gasteiger charge is -2.32. The van der Waals surface area contributed by atoms with Crippen LogP contribution in [0.2, 0.25) is 5.02 Å². The molecule has 9 heteroatoms. The number of rotatable bonds is 5. The Labute approximate surface area is 184 Å². The summed E-state index contributed by atoms with van der Waals surface area (Å²) in [5.74, 6) is 0.0705. The molecular weight excluding hydrogens is 418 g/mol. The Morgan fingerprint density at radius 2 is 1.97 bits per heavy atom. The summed E-state index contributed by atoms with van der Waals surface area (Å²) >= 11 is 6.53. The quantitative estimate of drug-likeness (QED) is 0.632. The van der Waals surface area contributed by atoms with E-state index in [1.54, 1.807) is 7.05 Å². The average Bonchev–Trinajstić information content (AvgIpc) is 3.17. The second-order valence-electron chi connectivity index (χ2n) is 7.90. The lowest BCUT2D eigenvalue weighted by molar-refractivity contribution is -0.130. The van der Waals surface area contributed by atoms with Gasteiger partial charge in [-0.1, -0.05) is 23.7 Å². The van der Waals surface area contributed by atoms with Gasteiger partial charge in [0.05, 0.1) is 29.4 Å². The number of pyridine rings is 1. The van der Waals surface area contributed by atoms with E-state index in [9.17, 15) is 4.79 Å². The molecule has 2 fully saturated rings. The van der Waals surface area contributed by atoms with E-state index in [0.29, 0.717) is 35.2 Å². The number of halogens is 1. The maximum absolute atomic E-state index is 11.6. The zero-order valence-electron chi connectivity index (χ0n) is 17.2. The van der Waals surface area contributed by atoms with Crippen LogP contribution >= 0.6 is 11.6 Å². The van der Waals surface area contributed by atoms with Crippen molar-refractivity contribution in [3.8, 4) is 17.3 Å². The Morgan fingerprint density at radius 1 is 1.23 bits per heavy atom. The van der Waals surface area contributed by atoms with E-state index < -0.39 is 0 Å². The molecule has 0 spiro atoms. The zero-order chi connectivity index (χ0) is 21.4. The van der Waals surface area contributed by atoms with Gasteiger partial charge in [0.15, 0.2) is 5.65 Å². The van der Waals surface area contributed by atoms with Crippen LogP contribution in [-0.4, -0.2) is 60.3 Å². The molecule has 1 aliphatic heterocycles. The van der Waals surface area contributed by atoms with Gasteiger partial charge in [0.1, 0.15) is 6.10 Å². The summed E-state index contributed by atoms with van der Waals surface area (Å²) in [5.41, 5.74) is 4.05. The number of anilines is 1. The smallest absolute Gasteiger partial charge is 0.296 e. The third-order valence-electron chi connectivity index (χ3n) is 5.91. The van der Waals surface area contributed by atoms with E-state index in [1.807, 2.05) is 18.2 Å². The molecule has 2 N–H and O–H groups in total. The Morgan fingerprint density at radius 3 is 2.68 bits per heavy atom. The van der Waals surface area contributed by atoms with Gasteiger partial charge in [0.25, 0.3) is 6.01 Å². The topological polar surface area (TPSA) is 92.4 Å². The summed E-state index contributed by atoms with van der Waals surface area (Å²) in [6.45, 7) is 3.29. The van der Waals surface area contributed by atoms with Crippen LogP contribution in [0.5, 0.6) is 6.01 Å². The fourth-order valence-corrected chi connectivity index (χ4v) is 4.30. The predicted octanol–water partition coefficient (Wildman–Crippen LogP) is 3.02. The van der Waals surface area contributed by atoms with Crippen molar-refractivity contribution in [2.24, 2.45) is 5.92 Å². The molecule has 1 aliphatic carbocycles. The third-order valence-corrected chi connectivity index (χ3v) is 6.20. The minimum atomic E-state index is -0.0227. The first kappa shape index (κ1) is 20.1. The van der Waals surface area contributed by atoms with E-state index in [2.05, 4.69) is 37.3 Å². The molecule has 1 saturated heterocycles. The van der Waals surface area contributed by atoms with Crippen LogP contribution in [0.3, 0.4) is 0 Å². The van der Waals surface area contributed by atoms with E-state index >= 15 is 0 Å². The van der Waals surface area contributed by atoms with Crippen molar-refractivity contribution in [2.75, 3.05) is 38.3 Å². The molecule has 5 rings (SSSR count). The number of carbonyl (C=O) groups excluding carboxylic acids is 1. The van der Waals surface area contributed by atoms with Gasteiger partial charge < -0.3 is 24.7 Å². The number of imidazole rings is 1. The minimum absolute atomic E-state index is 0.0129. The van der Waals surface area contributed by atoms with Crippen molar-refractivity contribution in [2.45, 2.75) is 18.9 Å². The van der Waals surface area contributed by atoms with E-state index in [-0.39, 0.29) is 17.9 Å². The van der Waals surface area contributed by atoms with Crippen LogP contribution < -0.4 is 15.0 Å². The molecule has 0 radical (unpaired) electrons. The second kappa shape index (κ2) is 8.36. The molecular formula is C22H24ClN5O3. The van der Waals surface area contributed by atoms with Crippen LogP contribution in [0.1, 0.15) is 12.8 Å². The lowest BCUT2D eigenvalue weighted by Crippen LogP contribution is -2.42. The molecule has 3 heterocycles. The molecule has 1 aromatic carbocycles. The summed E-state index contributed by atoms with van der Waals surface area (Å²) < 4.78 is 11.3. The van der Waals surface area contributed by atoms with Crippen molar-refractivity contribution >= 4 is 34.4 Å². The van der Waals surface area contributed by atoms with Gasteiger partial charge in [-0.25, -0.2) is 4.98 Å². The number of H-pyrrole nitrogens is 1. The van der Waals surface area contributed by atoms with E-state index in [1.165, 1.54) is 0 Å². The fraction of sp³-hybridized carbons (Fsp3) is 0.409. The number of hydrogen-bond donors (Lipinski definition) is 2. The Hall–Kier alpha value is -2.84. The van der Waals surface area contributed by atoms with Crippen molar-refractivity contribution in [1.29, 1.82) is 0 Å². The number of amides is 1. The van der Waals surface area contributed by atoms with Gasteiger partial charge in [-0.05, 0) is 31.0 Å². The van der Waals surface area contributed by atoms with Crippen LogP contribution in [0, 0.1) is 5.92 Å². The second-order valence-corrected chi connectivity index (χ2v) is 8.31.